The molecule has 0 amide bonds. The van der Waals surface area contributed by atoms with Crippen molar-refractivity contribution in [3.8, 4) is 0 Å². The first-order valence-electron chi connectivity index (χ1n) is 6.58. The van der Waals surface area contributed by atoms with Crippen LogP contribution in [0.15, 0.2) is 18.2 Å². The number of halogens is 3. The highest BCUT2D eigenvalue weighted by molar-refractivity contribution is 6.26. The van der Waals surface area contributed by atoms with E-state index in [1.165, 1.54) is 0 Å². The lowest BCUT2D eigenvalue weighted by Crippen LogP contribution is -2.35. The van der Waals surface area contributed by atoms with E-state index in [9.17, 15) is 37.7 Å². The SMILES string of the molecule is O=C(c1ccc(C(F)(F)F)cc1[N+](=O)[O-])[13CH]1[13C](=O)[13CH2][13CH2][13CH2][13C]1=O. The highest BCUT2D eigenvalue weighted by Gasteiger charge is 2.40. The lowest BCUT2D eigenvalue weighted by Gasteiger charge is -2.18. The molecule has 6 nitrogen and oxygen atoms in total. The Bertz CT molecular complexity index is 695. The Labute approximate surface area is 127 Å². The van der Waals surface area contributed by atoms with Crippen molar-refractivity contribution in [2.45, 2.75) is 25.4 Å². The van der Waals surface area contributed by atoms with Crippen LogP contribution >= 0.6 is 0 Å². The molecule has 0 atom stereocenters. The molecule has 0 heterocycles. The molecule has 0 spiro atoms. The summed E-state index contributed by atoms with van der Waals surface area (Å²) in [6.45, 7) is 0. The molecule has 0 N–H and O–H groups in total. The molecule has 1 aromatic carbocycles. The van der Waals surface area contributed by atoms with Gasteiger partial charge < -0.3 is 0 Å². The summed E-state index contributed by atoms with van der Waals surface area (Å²) in [4.78, 5) is 45.6. The number of carbonyl (C=O) groups excluding carboxylic acids is 3. The first-order valence-corrected chi connectivity index (χ1v) is 6.58. The first kappa shape index (κ1) is 16.8. The number of nitro groups is 1. The van der Waals surface area contributed by atoms with Gasteiger partial charge in [0, 0.05) is 18.9 Å². The second kappa shape index (κ2) is 5.90. The monoisotopic (exact) mass is 335 g/mol. The summed E-state index contributed by atoms with van der Waals surface area (Å²) in [5.74, 6) is -4.12. The fourth-order valence-corrected chi connectivity index (χ4v) is 2.42. The number of nitro benzene ring substituents is 1. The van der Waals surface area contributed by atoms with Gasteiger partial charge in [-0.15, -0.1) is 0 Å². The van der Waals surface area contributed by atoms with Crippen molar-refractivity contribution in [3.05, 3.63) is 39.4 Å². The number of rotatable bonds is 3. The van der Waals surface area contributed by atoms with Crippen molar-refractivity contribution in [2.75, 3.05) is 0 Å². The van der Waals surface area contributed by atoms with Gasteiger partial charge in [0.05, 0.1) is 16.1 Å². The predicted molar refractivity (Wildman–Crippen MR) is 69.8 cm³/mol. The van der Waals surface area contributed by atoms with Crippen molar-refractivity contribution >= 4 is 23.0 Å². The minimum absolute atomic E-state index is 0.0173. The molecule has 0 radical (unpaired) electrons. The molecule has 9 heteroatoms. The van der Waals surface area contributed by atoms with E-state index in [2.05, 4.69) is 0 Å². The maximum atomic E-state index is 12.6. The summed E-state index contributed by atoms with van der Waals surface area (Å²) < 4.78 is 37.9. The standard InChI is InChI=1S/C14H10F3NO5/c15-14(16,17)7-4-5-8(9(6-7)18(22)23)13(21)12-10(19)2-1-3-11(12)20/h4-6,12H,1-3H2/i1+1,2+1,3+1,10+1,11+1,12+1. The van der Waals surface area contributed by atoms with E-state index in [0.29, 0.717) is 12.1 Å². The van der Waals surface area contributed by atoms with Gasteiger partial charge in [0.1, 0.15) is 5.92 Å². The Morgan fingerprint density at radius 3 is 2.22 bits per heavy atom. The third-order valence-electron chi connectivity index (χ3n) is 3.54. The van der Waals surface area contributed by atoms with E-state index in [0.717, 1.165) is 0 Å². The van der Waals surface area contributed by atoms with Gasteiger partial charge in [-0.2, -0.15) is 13.2 Å². The fraction of sp³-hybridized carbons (Fsp3) is 0.357. The van der Waals surface area contributed by atoms with Crippen molar-refractivity contribution in [1.82, 2.24) is 0 Å². The van der Waals surface area contributed by atoms with Gasteiger partial charge in [0.15, 0.2) is 17.3 Å². The Morgan fingerprint density at radius 1 is 1.17 bits per heavy atom. The minimum atomic E-state index is -4.82. The van der Waals surface area contributed by atoms with E-state index in [1.54, 1.807) is 0 Å². The highest BCUT2D eigenvalue weighted by atomic mass is 19.4. The Balaban J connectivity index is 2.50. The van der Waals surface area contributed by atoms with Gasteiger partial charge in [-0.25, -0.2) is 0 Å². The van der Waals surface area contributed by atoms with Gasteiger partial charge >= 0.3 is 6.18 Å². The zero-order chi connectivity index (χ0) is 17.4. The molecule has 1 saturated carbocycles. The minimum Gasteiger partial charge on any atom is -0.298 e. The first-order chi connectivity index (χ1) is 10.6. The topological polar surface area (TPSA) is 94.3 Å². The normalized spacial score (nSPS) is 16.5. The van der Waals surface area contributed by atoms with Crippen LogP contribution in [0.1, 0.15) is 35.2 Å². The van der Waals surface area contributed by atoms with Crippen molar-refractivity contribution in [3.63, 3.8) is 0 Å². The second-order valence-corrected chi connectivity index (χ2v) is 5.07. The van der Waals surface area contributed by atoms with Gasteiger partial charge in [-0.3, -0.25) is 24.5 Å². The molecule has 2 rings (SSSR count). The average Bonchev–Trinajstić information content (AvgIpc) is 2.45. The quantitative estimate of drug-likeness (QED) is 0.278. The number of carbonyl (C=O) groups is 3. The van der Waals surface area contributed by atoms with E-state index in [4.69, 9.17) is 0 Å². The van der Waals surface area contributed by atoms with Crippen LogP contribution < -0.4 is 0 Å². The van der Waals surface area contributed by atoms with Crippen molar-refractivity contribution in [1.29, 1.82) is 0 Å². The maximum absolute atomic E-state index is 12.6. The van der Waals surface area contributed by atoms with Crippen LogP contribution in [-0.2, 0) is 15.8 Å². The number of benzene rings is 1. The van der Waals surface area contributed by atoms with Crippen LogP contribution in [0.25, 0.3) is 0 Å². The van der Waals surface area contributed by atoms with Gasteiger partial charge in [-0.05, 0) is 18.6 Å². The molecule has 0 saturated heterocycles. The van der Waals surface area contributed by atoms with Gasteiger partial charge in [0.25, 0.3) is 5.69 Å². The summed E-state index contributed by atoms with van der Waals surface area (Å²) in [7, 11) is 0. The maximum Gasteiger partial charge on any atom is 0.416 e. The third kappa shape index (κ3) is 3.27. The Morgan fingerprint density at radius 2 is 1.74 bits per heavy atom. The summed E-state index contributed by atoms with van der Waals surface area (Å²) in [6, 6.07) is 1.38. The lowest BCUT2D eigenvalue weighted by molar-refractivity contribution is -0.385. The summed E-state index contributed by atoms with van der Waals surface area (Å²) in [6.07, 6.45) is -4.56. The molecule has 1 aliphatic rings. The largest absolute Gasteiger partial charge is 0.416 e. The smallest absolute Gasteiger partial charge is 0.298 e. The average molecular weight is 335 g/mol. The predicted octanol–water partition coefficient (Wildman–Crippen LogP) is 2.73. The zero-order valence-corrected chi connectivity index (χ0v) is 11.6. The van der Waals surface area contributed by atoms with E-state index in [-0.39, 0.29) is 25.3 Å². The number of hydrogen-bond donors (Lipinski definition) is 0. The Kier molecular flexibility index (Phi) is 4.31. The number of hydrogen-bond acceptors (Lipinski definition) is 5. The third-order valence-corrected chi connectivity index (χ3v) is 3.54. The van der Waals surface area contributed by atoms with Gasteiger partial charge in [0.2, 0.25) is 0 Å². The molecule has 0 unspecified atom stereocenters. The summed E-state index contributed by atoms with van der Waals surface area (Å²) in [5.41, 5.74) is -3.03. The molecule has 0 bridgehead atoms. The zero-order valence-electron chi connectivity index (χ0n) is 11.6. The van der Waals surface area contributed by atoms with Crippen molar-refractivity contribution < 1.29 is 32.5 Å². The van der Waals surface area contributed by atoms with Crippen LogP contribution in [0.2, 0.25) is 0 Å². The van der Waals surface area contributed by atoms with E-state index < -0.39 is 51.2 Å². The molecule has 1 aliphatic carbocycles. The second-order valence-electron chi connectivity index (χ2n) is 5.07. The number of alkyl halides is 3. The molecule has 1 fully saturated rings. The van der Waals surface area contributed by atoms with E-state index in [1.807, 2.05) is 0 Å². The Hall–Kier alpha value is -2.58. The lowest BCUT2D eigenvalue weighted by atomic mass is 10.1. The number of Topliss-reactive ketones (excluding diaryl/α,β-unsaturated/α-hetero) is 3. The van der Waals surface area contributed by atoms with Crippen LogP contribution in [-0.4, -0.2) is 22.3 Å². The molecular weight excluding hydrogens is 325 g/mol. The van der Waals surface area contributed by atoms with Crippen LogP contribution in [0.4, 0.5) is 18.9 Å². The summed E-state index contributed by atoms with van der Waals surface area (Å²) >= 11 is 0. The molecular formula is C14H10F3NO5. The summed E-state index contributed by atoms with van der Waals surface area (Å²) in [5, 5.41) is 11.0. The molecule has 23 heavy (non-hydrogen) atoms. The molecule has 0 aliphatic heterocycles. The fourth-order valence-electron chi connectivity index (χ4n) is 2.42. The van der Waals surface area contributed by atoms with Crippen LogP contribution in [0.3, 0.4) is 0 Å². The molecule has 122 valence electrons. The van der Waals surface area contributed by atoms with Crippen molar-refractivity contribution in [2.24, 2.45) is 5.92 Å². The highest BCUT2D eigenvalue weighted by Crippen LogP contribution is 2.34. The van der Waals surface area contributed by atoms with Gasteiger partial charge in [-0.1, -0.05) is 0 Å². The van der Waals surface area contributed by atoms with Crippen LogP contribution in [0.5, 0.6) is 0 Å². The number of nitrogens with zero attached hydrogens (tertiary/aromatic N) is 1. The van der Waals surface area contributed by atoms with Crippen LogP contribution in [0, 0.1) is 16.0 Å². The number of ketones is 3. The molecule has 0 aromatic heterocycles. The van der Waals surface area contributed by atoms with E-state index >= 15 is 0 Å². The molecule has 1 aromatic rings.